The molecule has 6 heteroatoms. The first-order valence-electron chi connectivity index (χ1n) is 1.11. The average Bonchev–Trinajstić information content (AvgIpc) is 1.36. The van der Waals surface area contributed by atoms with Gasteiger partial charge in [-0.1, -0.05) is 0 Å². The molecule has 0 spiro atoms. The van der Waals surface area contributed by atoms with Crippen molar-refractivity contribution in [2.24, 2.45) is 0 Å². The number of rotatable bonds is 0. The maximum Gasteiger partial charge on any atom is 0.414 e. The van der Waals surface area contributed by atoms with Crippen LogP contribution in [0.25, 0.3) is 0 Å². The summed E-state index contributed by atoms with van der Waals surface area (Å²) >= 11 is 0. The Morgan fingerprint density at radius 1 is 1.00 bits per heavy atom. The van der Waals surface area contributed by atoms with E-state index in [9.17, 15) is 0 Å². The van der Waals surface area contributed by atoms with Gasteiger partial charge in [-0.2, -0.15) is 0 Å². The summed E-state index contributed by atoms with van der Waals surface area (Å²) in [7, 11) is 0. The SMILES string of the molecule is O.O=C(O)C(=O)O.[Cr]. The zero-order chi connectivity index (χ0) is 5.15. The van der Waals surface area contributed by atoms with E-state index < -0.39 is 11.9 Å². The van der Waals surface area contributed by atoms with Gasteiger partial charge in [-0.15, -0.1) is 0 Å². The number of hydrogen-bond donors (Lipinski definition) is 2. The van der Waals surface area contributed by atoms with E-state index in [1.807, 2.05) is 0 Å². The molecular formula is C2H4CrO5. The Bertz CT molecular complexity index is 76.4. The van der Waals surface area contributed by atoms with Crippen molar-refractivity contribution >= 4 is 11.9 Å². The smallest absolute Gasteiger partial charge is 0.414 e. The van der Waals surface area contributed by atoms with Crippen LogP contribution in [0.3, 0.4) is 0 Å². The Labute approximate surface area is 55.4 Å². The summed E-state index contributed by atoms with van der Waals surface area (Å²) in [4.78, 5) is 18.2. The van der Waals surface area contributed by atoms with Crippen LogP contribution in [0.1, 0.15) is 0 Å². The van der Waals surface area contributed by atoms with Gasteiger partial charge >= 0.3 is 11.9 Å². The second-order valence-electron chi connectivity index (χ2n) is 0.610. The second-order valence-corrected chi connectivity index (χ2v) is 0.610. The first-order valence-corrected chi connectivity index (χ1v) is 1.11. The molecule has 0 atom stereocenters. The molecule has 0 bridgehead atoms. The van der Waals surface area contributed by atoms with Crippen LogP contribution < -0.4 is 0 Å². The van der Waals surface area contributed by atoms with Crippen LogP contribution in [0.15, 0.2) is 0 Å². The zero-order valence-corrected chi connectivity index (χ0v) is 4.89. The van der Waals surface area contributed by atoms with Crippen molar-refractivity contribution in [1.29, 1.82) is 0 Å². The average molecular weight is 160 g/mol. The summed E-state index contributed by atoms with van der Waals surface area (Å²) in [6, 6.07) is 0. The van der Waals surface area contributed by atoms with E-state index in [-0.39, 0.29) is 22.8 Å². The normalized spacial score (nSPS) is 5.50. The van der Waals surface area contributed by atoms with Crippen molar-refractivity contribution < 1.29 is 42.6 Å². The first-order chi connectivity index (χ1) is 2.64. The molecule has 0 aromatic carbocycles. The van der Waals surface area contributed by atoms with Gasteiger partial charge in [-0.25, -0.2) is 9.59 Å². The second kappa shape index (κ2) is 6.43. The third kappa shape index (κ3) is 9.06. The van der Waals surface area contributed by atoms with E-state index >= 15 is 0 Å². The van der Waals surface area contributed by atoms with Gasteiger partial charge < -0.3 is 15.7 Å². The largest absolute Gasteiger partial charge is 0.473 e. The number of aliphatic carboxylic acids is 2. The summed E-state index contributed by atoms with van der Waals surface area (Å²) in [5, 5.41) is 14.8. The fraction of sp³-hybridized carbons (Fsp3) is 0. The standard InChI is InChI=1S/C2H2O4.Cr.H2O/c3-1(4)2(5)6;;/h(H,3,4)(H,5,6);;1H2. The number of carbonyl (C=O) groups is 2. The van der Waals surface area contributed by atoms with Crippen molar-refractivity contribution in [2.75, 3.05) is 0 Å². The minimum absolute atomic E-state index is 0. The Balaban J connectivity index is -0.000000125. The molecule has 0 aliphatic rings. The van der Waals surface area contributed by atoms with Crippen LogP contribution in [0.4, 0.5) is 0 Å². The van der Waals surface area contributed by atoms with Crippen LogP contribution in [0.2, 0.25) is 0 Å². The summed E-state index contributed by atoms with van der Waals surface area (Å²) in [6.45, 7) is 0. The van der Waals surface area contributed by atoms with Crippen molar-refractivity contribution in [1.82, 2.24) is 0 Å². The predicted octanol–water partition coefficient (Wildman–Crippen LogP) is -1.67. The van der Waals surface area contributed by atoms with Gasteiger partial charge in [0.2, 0.25) is 0 Å². The van der Waals surface area contributed by atoms with Crippen LogP contribution in [-0.4, -0.2) is 27.6 Å². The maximum atomic E-state index is 9.10. The summed E-state index contributed by atoms with van der Waals surface area (Å²) in [5.74, 6) is -3.65. The fourth-order valence-corrected chi connectivity index (χ4v) is 0. The van der Waals surface area contributed by atoms with E-state index in [2.05, 4.69) is 0 Å². The molecule has 0 aliphatic carbocycles. The number of hydrogen-bond acceptors (Lipinski definition) is 2. The number of carboxylic acids is 2. The van der Waals surface area contributed by atoms with Gasteiger partial charge in [0.25, 0.3) is 0 Å². The Morgan fingerprint density at radius 3 is 1.12 bits per heavy atom. The molecule has 8 heavy (non-hydrogen) atoms. The van der Waals surface area contributed by atoms with Crippen LogP contribution in [0.5, 0.6) is 0 Å². The number of carboxylic acid groups (broad SMARTS) is 2. The van der Waals surface area contributed by atoms with E-state index in [1.54, 1.807) is 0 Å². The minimum atomic E-state index is -1.82. The quantitative estimate of drug-likeness (QED) is 0.413. The van der Waals surface area contributed by atoms with E-state index in [0.29, 0.717) is 0 Å². The maximum absolute atomic E-state index is 9.10. The van der Waals surface area contributed by atoms with Crippen LogP contribution in [0, 0.1) is 0 Å². The molecule has 0 saturated carbocycles. The van der Waals surface area contributed by atoms with Gasteiger partial charge in [0.05, 0.1) is 0 Å². The molecule has 0 saturated heterocycles. The molecule has 4 N–H and O–H groups in total. The molecule has 0 radical (unpaired) electrons. The van der Waals surface area contributed by atoms with Gasteiger partial charge in [0, 0.05) is 17.4 Å². The molecule has 0 amide bonds. The molecule has 5 nitrogen and oxygen atoms in total. The third-order valence-corrected chi connectivity index (χ3v) is 0.183. The molecule has 0 fully saturated rings. The van der Waals surface area contributed by atoms with Crippen molar-refractivity contribution in [3.63, 3.8) is 0 Å². The summed E-state index contributed by atoms with van der Waals surface area (Å²) in [5.41, 5.74) is 0. The Kier molecular flexibility index (Phi) is 12.6. The van der Waals surface area contributed by atoms with Gasteiger partial charge in [-0.3, -0.25) is 0 Å². The van der Waals surface area contributed by atoms with Crippen molar-refractivity contribution in [2.45, 2.75) is 0 Å². The molecule has 0 heterocycles. The molecule has 0 rings (SSSR count). The van der Waals surface area contributed by atoms with Gasteiger partial charge in [0.15, 0.2) is 0 Å². The van der Waals surface area contributed by atoms with Crippen molar-refractivity contribution in [3.05, 3.63) is 0 Å². The molecular weight excluding hydrogens is 156 g/mol. The van der Waals surface area contributed by atoms with Crippen LogP contribution >= 0.6 is 0 Å². The monoisotopic (exact) mass is 160 g/mol. The first kappa shape index (κ1) is 15.7. The third-order valence-electron chi connectivity index (χ3n) is 0.183. The zero-order valence-electron chi connectivity index (χ0n) is 3.62. The van der Waals surface area contributed by atoms with E-state index in [1.165, 1.54) is 0 Å². The molecule has 0 aromatic heterocycles. The molecule has 0 aliphatic heterocycles. The summed E-state index contributed by atoms with van der Waals surface area (Å²) in [6.07, 6.45) is 0. The topological polar surface area (TPSA) is 106 Å². The fourth-order valence-electron chi connectivity index (χ4n) is 0. The van der Waals surface area contributed by atoms with E-state index in [0.717, 1.165) is 0 Å². The van der Waals surface area contributed by atoms with E-state index in [4.69, 9.17) is 19.8 Å². The van der Waals surface area contributed by atoms with Crippen LogP contribution in [-0.2, 0) is 27.0 Å². The minimum Gasteiger partial charge on any atom is -0.473 e. The predicted molar refractivity (Wildman–Crippen MR) is 18.9 cm³/mol. The summed E-state index contributed by atoms with van der Waals surface area (Å²) < 4.78 is 0. The molecule has 48 valence electrons. The molecule has 0 aromatic rings. The Morgan fingerprint density at radius 2 is 1.12 bits per heavy atom. The van der Waals surface area contributed by atoms with Gasteiger partial charge in [-0.05, 0) is 0 Å². The molecule has 0 unspecified atom stereocenters. The van der Waals surface area contributed by atoms with Crippen molar-refractivity contribution in [3.8, 4) is 0 Å². The Hall–Kier alpha value is -0.568. The van der Waals surface area contributed by atoms with Gasteiger partial charge in [0.1, 0.15) is 0 Å².